The van der Waals surface area contributed by atoms with Crippen LogP contribution in [0.15, 0.2) is 12.1 Å². The van der Waals surface area contributed by atoms with E-state index in [1.54, 1.807) is 27.2 Å². The van der Waals surface area contributed by atoms with Crippen molar-refractivity contribution in [3.05, 3.63) is 23.3 Å². The Kier molecular flexibility index (Phi) is 3.72. The quantitative estimate of drug-likeness (QED) is 0.891. The van der Waals surface area contributed by atoms with Gasteiger partial charge >= 0.3 is 0 Å². The van der Waals surface area contributed by atoms with E-state index in [1.165, 1.54) is 0 Å². The summed E-state index contributed by atoms with van der Waals surface area (Å²) >= 11 is 0. The second-order valence-corrected chi connectivity index (χ2v) is 5.36. The van der Waals surface area contributed by atoms with Gasteiger partial charge in [-0.3, -0.25) is 0 Å². The van der Waals surface area contributed by atoms with Gasteiger partial charge in [0.2, 0.25) is 0 Å². The minimum absolute atomic E-state index is 0.00287. The van der Waals surface area contributed by atoms with Gasteiger partial charge in [0, 0.05) is 11.5 Å². The summed E-state index contributed by atoms with van der Waals surface area (Å²) in [5.41, 5.74) is 7.63. The molecule has 0 aliphatic heterocycles. The molecule has 0 amide bonds. The molecule has 2 rings (SSSR count). The molecule has 1 fully saturated rings. The van der Waals surface area contributed by atoms with Gasteiger partial charge < -0.3 is 15.2 Å². The van der Waals surface area contributed by atoms with Crippen LogP contribution in [0.1, 0.15) is 44.0 Å². The van der Waals surface area contributed by atoms with Crippen molar-refractivity contribution in [2.24, 2.45) is 5.73 Å². The van der Waals surface area contributed by atoms with E-state index in [4.69, 9.17) is 15.2 Å². The van der Waals surface area contributed by atoms with Crippen molar-refractivity contribution in [2.75, 3.05) is 14.2 Å². The van der Waals surface area contributed by atoms with Crippen LogP contribution in [0.5, 0.6) is 11.5 Å². The number of nitrogens with two attached hydrogens (primary N) is 1. The first kappa shape index (κ1) is 14.1. The molecule has 0 radical (unpaired) electrons. The molecular formula is C15H22FNO2. The van der Waals surface area contributed by atoms with E-state index in [0.29, 0.717) is 17.1 Å². The maximum absolute atomic E-state index is 13.9. The van der Waals surface area contributed by atoms with E-state index in [-0.39, 0.29) is 11.5 Å². The Balaban J connectivity index is 2.58. The molecule has 3 nitrogen and oxygen atoms in total. The Morgan fingerprint density at radius 2 is 1.68 bits per heavy atom. The molecule has 2 atom stereocenters. The zero-order valence-electron chi connectivity index (χ0n) is 12.0. The number of alkyl halides is 1. The van der Waals surface area contributed by atoms with Crippen molar-refractivity contribution in [3.8, 4) is 11.5 Å². The summed E-state index contributed by atoms with van der Waals surface area (Å²) in [6.07, 6.45) is 0.950. The summed E-state index contributed by atoms with van der Waals surface area (Å²) in [6, 6.07) is 3.63. The number of hydrogen-bond donors (Lipinski definition) is 1. The summed E-state index contributed by atoms with van der Waals surface area (Å²) in [6.45, 7) is 3.53. The number of benzene rings is 1. The van der Waals surface area contributed by atoms with E-state index >= 15 is 0 Å². The lowest BCUT2D eigenvalue weighted by Gasteiger charge is -2.25. The van der Waals surface area contributed by atoms with Crippen LogP contribution in [0.3, 0.4) is 0 Å². The third-order valence-electron chi connectivity index (χ3n) is 4.18. The average Bonchev–Trinajstić information content (AvgIpc) is 3.18. The Bertz CT molecular complexity index is 467. The number of methoxy groups -OCH3 is 2. The fourth-order valence-electron chi connectivity index (χ4n) is 2.76. The maximum atomic E-state index is 13.9. The molecule has 4 heteroatoms. The highest BCUT2D eigenvalue weighted by Gasteiger charge is 2.49. The molecule has 0 aromatic heterocycles. The molecule has 19 heavy (non-hydrogen) atoms. The fourth-order valence-corrected chi connectivity index (χ4v) is 2.76. The van der Waals surface area contributed by atoms with E-state index in [2.05, 4.69) is 0 Å². The van der Waals surface area contributed by atoms with Crippen LogP contribution < -0.4 is 15.2 Å². The number of rotatable bonds is 5. The van der Waals surface area contributed by atoms with Gasteiger partial charge in [-0.05, 0) is 49.9 Å². The van der Waals surface area contributed by atoms with E-state index in [1.807, 2.05) is 13.0 Å². The highest BCUT2D eigenvalue weighted by Crippen LogP contribution is 2.54. The standard InChI is InChI=1S/C15H22FNO2/c1-9(16)11-7-13(18-3)14(19-4)8-12(11)15(5-6-15)10(2)17/h7-10H,5-6,17H2,1-4H3. The lowest BCUT2D eigenvalue weighted by atomic mass is 9.84. The van der Waals surface area contributed by atoms with E-state index in [9.17, 15) is 4.39 Å². The fraction of sp³-hybridized carbons (Fsp3) is 0.600. The summed E-state index contributed by atoms with van der Waals surface area (Å²) < 4.78 is 24.5. The number of hydrogen-bond acceptors (Lipinski definition) is 3. The Labute approximate surface area is 113 Å². The molecule has 2 N–H and O–H groups in total. The number of halogens is 1. The van der Waals surface area contributed by atoms with Crippen LogP contribution in [-0.4, -0.2) is 20.3 Å². The van der Waals surface area contributed by atoms with Crippen molar-refractivity contribution >= 4 is 0 Å². The normalized spacial score (nSPS) is 19.7. The largest absolute Gasteiger partial charge is 0.493 e. The van der Waals surface area contributed by atoms with Gasteiger partial charge in [0.15, 0.2) is 11.5 Å². The van der Waals surface area contributed by atoms with Crippen molar-refractivity contribution < 1.29 is 13.9 Å². The monoisotopic (exact) mass is 267 g/mol. The van der Waals surface area contributed by atoms with Crippen LogP contribution in [0, 0.1) is 0 Å². The van der Waals surface area contributed by atoms with Crippen LogP contribution in [0.25, 0.3) is 0 Å². The average molecular weight is 267 g/mol. The van der Waals surface area contributed by atoms with Crippen LogP contribution in [0.2, 0.25) is 0 Å². The Morgan fingerprint density at radius 1 is 1.16 bits per heavy atom. The minimum atomic E-state index is -1.05. The first-order valence-corrected chi connectivity index (χ1v) is 6.62. The van der Waals surface area contributed by atoms with Gasteiger partial charge in [0.1, 0.15) is 6.17 Å². The Hall–Kier alpha value is -1.29. The van der Waals surface area contributed by atoms with Gasteiger partial charge in [-0.25, -0.2) is 4.39 Å². The van der Waals surface area contributed by atoms with Crippen molar-refractivity contribution in [1.29, 1.82) is 0 Å². The summed E-state index contributed by atoms with van der Waals surface area (Å²) in [4.78, 5) is 0. The SMILES string of the molecule is COc1cc(C(C)F)c(C2(C(C)N)CC2)cc1OC. The topological polar surface area (TPSA) is 44.5 Å². The molecule has 0 bridgehead atoms. The Morgan fingerprint density at radius 3 is 2.05 bits per heavy atom. The number of ether oxygens (including phenoxy) is 2. The molecular weight excluding hydrogens is 245 g/mol. The van der Waals surface area contributed by atoms with E-state index < -0.39 is 6.17 Å². The molecule has 0 saturated heterocycles. The molecule has 1 aromatic rings. The molecule has 1 aromatic carbocycles. The van der Waals surface area contributed by atoms with E-state index in [0.717, 1.165) is 18.4 Å². The molecule has 106 valence electrons. The van der Waals surface area contributed by atoms with Crippen LogP contribution in [0.4, 0.5) is 4.39 Å². The summed E-state index contributed by atoms with van der Waals surface area (Å²) in [5, 5.41) is 0. The van der Waals surface area contributed by atoms with Gasteiger partial charge in [-0.1, -0.05) is 0 Å². The van der Waals surface area contributed by atoms with Gasteiger partial charge in [0.05, 0.1) is 14.2 Å². The highest BCUT2D eigenvalue weighted by atomic mass is 19.1. The molecule has 0 heterocycles. The predicted molar refractivity (Wildman–Crippen MR) is 73.6 cm³/mol. The first-order chi connectivity index (χ1) is 8.96. The lowest BCUT2D eigenvalue weighted by molar-refractivity contribution is 0.342. The third-order valence-corrected chi connectivity index (χ3v) is 4.18. The summed E-state index contributed by atoms with van der Waals surface area (Å²) in [5.74, 6) is 1.19. The zero-order valence-corrected chi connectivity index (χ0v) is 12.0. The molecule has 2 unspecified atom stereocenters. The van der Waals surface area contributed by atoms with Crippen LogP contribution >= 0.6 is 0 Å². The van der Waals surface area contributed by atoms with Gasteiger partial charge in [-0.15, -0.1) is 0 Å². The lowest BCUT2D eigenvalue weighted by Crippen LogP contribution is -2.32. The predicted octanol–water partition coefficient (Wildman–Crippen LogP) is 3.11. The molecule has 1 aliphatic carbocycles. The second kappa shape index (κ2) is 5.00. The maximum Gasteiger partial charge on any atom is 0.161 e. The van der Waals surface area contributed by atoms with Crippen molar-refractivity contribution in [3.63, 3.8) is 0 Å². The molecule has 1 aliphatic rings. The highest BCUT2D eigenvalue weighted by molar-refractivity contribution is 5.53. The molecule has 1 saturated carbocycles. The smallest absolute Gasteiger partial charge is 0.161 e. The zero-order chi connectivity index (χ0) is 14.2. The second-order valence-electron chi connectivity index (χ2n) is 5.36. The van der Waals surface area contributed by atoms with Crippen molar-refractivity contribution in [2.45, 2.75) is 44.3 Å². The van der Waals surface area contributed by atoms with Gasteiger partial charge in [-0.2, -0.15) is 0 Å². The van der Waals surface area contributed by atoms with Crippen molar-refractivity contribution in [1.82, 2.24) is 0 Å². The van der Waals surface area contributed by atoms with Gasteiger partial charge in [0.25, 0.3) is 0 Å². The van der Waals surface area contributed by atoms with Crippen LogP contribution in [-0.2, 0) is 5.41 Å². The minimum Gasteiger partial charge on any atom is -0.493 e. The first-order valence-electron chi connectivity index (χ1n) is 6.62. The summed E-state index contributed by atoms with van der Waals surface area (Å²) in [7, 11) is 3.15. The third kappa shape index (κ3) is 2.29. The molecule has 0 spiro atoms.